The van der Waals surface area contributed by atoms with Gasteiger partial charge in [-0.3, -0.25) is 4.99 Å². The highest BCUT2D eigenvalue weighted by atomic mass is 16.4. The Morgan fingerprint density at radius 3 is 3.14 bits per heavy atom. The average Bonchev–Trinajstić information content (AvgIpc) is 2.72. The summed E-state index contributed by atoms with van der Waals surface area (Å²) in [4.78, 5) is 8.35. The van der Waals surface area contributed by atoms with Crippen molar-refractivity contribution >= 4 is 5.96 Å². The summed E-state index contributed by atoms with van der Waals surface area (Å²) in [5, 5.41) is 6.32. The number of rotatable bonds is 2. The Morgan fingerprint density at radius 1 is 1.71 bits per heavy atom. The standard InChI is InChI=1S/C9H14N4O/c1-6-3-11-9(13-6)12-5-8-10-4-7(2)14-8/h4,6H,3,5H2,1-2H3,(H2,11,12,13). The number of aromatic nitrogens is 1. The Kier molecular flexibility index (Phi) is 2.39. The second-order valence-electron chi connectivity index (χ2n) is 3.45. The molecule has 0 aromatic carbocycles. The minimum Gasteiger partial charge on any atom is -0.444 e. The first-order valence-corrected chi connectivity index (χ1v) is 4.70. The zero-order valence-electron chi connectivity index (χ0n) is 8.37. The molecule has 1 aliphatic heterocycles. The summed E-state index contributed by atoms with van der Waals surface area (Å²) in [6.45, 7) is 5.37. The third kappa shape index (κ3) is 2.04. The number of aryl methyl sites for hydroxylation is 1. The number of nitrogens with one attached hydrogen (secondary N) is 2. The van der Waals surface area contributed by atoms with E-state index >= 15 is 0 Å². The summed E-state index contributed by atoms with van der Waals surface area (Å²) in [7, 11) is 0. The van der Waals surface area contributed by atoms with Gasteiger partial charge in [0.05, 0.1) is 19.3 Å². The molecule has 0 aliphatic carbocycles. The molecular weight excluding hydrogens is 180 g/mol. The molecule has 1 unspecified atom stereocenters. The molecule has 0 saturated carbocycles. The number of oxazole rings is 1. The molecule has 14 heavy (non-hydrogen) atoms. The van der Waals surface area contributed by atoms with E-state index < -0.39 is 0 Å². The highest BCUT2D eigenvalue weighted by Gasteiger charge is 2.12. The fourth-order valence-corrected chi connectivity index (χ4v) is 1.30. The van der Waals surface area contributed by atoms with Crippen molar-refractivity contribution in [1.29, 1.82) is 0 Å². The van der Waals surface area contributed by atoms with Gasteiger partial charge in [-0.05, 0) is 13.8 Å². The van der Waals surface area contributed by atoms with E-state index in [1.165, 1.54) is 0 Å². The van der Waals surface area contributed by atoms with E-state index in [0.717, 1.165) is 18.3 Å². The number of guanidine groups is 1. The van der Waals surface area contributed by atoms with Crippen LogP contribution in [-0.4, -0.2) is 23.5 Å². The van der Waals surface area contributed by atoms with Crippen molar-refractivity contribution < 1.29 is 4.42 Å². The van der Waals surface area contributed by atoms with Gasteiger partial charge in [-0.1, -0.05) is 0 Å². The van der Waals surface area contributed by atoms with Crippen LogP contribution in [-0.2, 0) is 6.54 Å². The lowest BCUT2D eigenvalue weighted by Gasteiger charge is -2.06. The first-order valence-electron chi connectivity index (χ1n) is 4.70. The van der Waals surface area contributed by atoms with Crippen molar-refractivity contribution in [3.05, 3.63) is 17.8 Å². The largest absolute Gasteiger partial charge is 0.444 e. The Balaban J connectivity index is 1.83. The molecule has 0 bridgehead atoms. The molecule has 1 atom stereocenters. The van der Waals surface area contributed by atoms with Crippen molar-refractivity contribution in [2.45, 2.75) is 26.4 Å². The number of aliphatic imine (C=N–C) groups is 1. The summed E-state index contributed by atoms with van der Waals surface area (Å²) < 4.78 is 5.31. The van der Waals surface area contributed by atoms with Crippen molar-refractivity contribution in [2.75, 3.05) is 6.54 Å². The Morgan fingerprint density at radius 2 is 2.57 bits per heavy atom. The molecule has 1 aliphatic rings. The maximum atomic E-state index is 5.31. The minimum absolute atomic E-state index is 0.420. The predicted octanol–water partition coefficient (Wildman–Crippen LogP) is 0.420. The fraction of sp³-hybridized carbons (Fsp3) is 0.556. The average molecular weight is 194 g/mol. The van der Waals surface area contributed by atoms with Crippen LogP contribution in [0.2, 0.25) is 0 Å². The molecule has 2 N–H and O–H groups in total. The van der Waals surface area contributed by atoms with Crippen molar-refractivity contribution in [1.82, 2.24) is 15.6 Å². The van der Waals surface area contributed by atoms with Gasteiger partial charge < -0.3 is 15.1 Å². The molecule has 1 aromatic rings. The third-order valence-corrected chi connectivity index (χ3v) is 1.98. The smallest absolute Gasteiger partial charge is 0.213 e. The van der Waals surface area contributed by atoms with Gasteiger partial charge in [-0.2, -0.15) is 0 Å². The van der Waals surface area contributed by atoms with Gasteiger partial charge in [0, 0.05) is 6.04 Å². The SMILES string of the molecule is Cc1cnc(CNC2=NCC(C)N2)o1. The maximum absolute atomic E-state index is 5.31. The second-order valence-corrected chi connectivity index (χ2v) is 3.45. The van der Waals surface area contributed by atoms with Gasteiger partial charge in [-0.25, -0.2) is 4.98 Å². The lowest BCUT2D eigenvalue weighted by molar-refractivity contribution is 0.464. The van der Waals surface area contributed by atoms with Gasteiger partial charge in [0.15, 0.2) is 5.96 Å². The number of hydrogen-bond acceptors (Lipinski definition) is 5. The van der Waals surface area contributed by atoms with E-state index in [9.17, 15) is 0 Å². The van der Waals surface area contributed by atoms with Crippen molar-refractivity contribution in [3.8, 4) is 0 Å². The summed E-state index contributed by atoms with van der Waals surface area (Å²) in [6, 6.07) is 0.420. The molecule has 0 spiro atoms. The minimum atomic E-state index is 0.420. The van der Waals surface area contributed by atoms with E-state index in [-0.39, 0.29) is 0 Å². The first-order chi connectivity index (χ1) is 6.74. The van der Waals surface area contributed by atoms with Crippen molar-refractivity contribution in [3.63, 3.8) is 0 Å². The van der Waals surface area contributed by atoms with Gasteiger partial charge in [0.1, 0.15) is 5.76 Å². The van der Waals surface area contributed by atoms with Gasteiger partial charge in [0.25, 0.3) is 0 Å². The number of hydrogen-bond donors (Lipinski definition) is 2. The van der Waals surface area contributed by atoms with Crippen LogP contribution in [0.25, 0.3) is 0 Å². The molecule has 0 radical (unpaired) electrons. The van der Waals surface area contributed by atoms with Crippen LogP contribution in [0, 0.1) is 6.92 Å². The van der Waals surface area contributed by atoms with Crippen LogP contribution in [0.4, 0.5) is 0 Å². The highest BCUT2D eigenvalue weighted by Crippen LogP contribution is 2.01. The first kappa shape index (κ1) is 9.05. The van der Waals surface area contributed by atoms with E-state index in [4.69, 9.17) is 4.42 Å². The molecule has 0 saturated heterocycles. The van der Waals surface area contributed by atoms with Crippen LogP contribution in [0.1, 0.15) is 18.6 Å². The fourth-order valence-electron chi connectivity index (χ4n) is 1.30. The molecule has 0 fully saturated rings. The lowest BCUT2D eigenvalue weighted by atomic mass is 10.4. The van der Waals surface area contributed by atoms with Crippen LogP contribution < -0.4 is 10.6 Å². The molecule has 5 heteroatoms. The highest BCUT2D eigenvalue weighted by molar-refractivity contribution is 5.81. The van der Waals surface area contributed by atoms with Gasteiger partial charge in [0.2, 0.25) is 5.89 Å². The van der Waals surface area contributed by atoms with E-state index in [1.807, 2.05) is 6.92 Å². The van der Waals surface area contributed by atoms with Gasteiger partial charge in [-0.15, -0.1) is 0 Å². The van der Waals surface area contributed by atoms with E-state index in [2.05, 4.69) is 27.5 Å². The normalized spacial score (nSPS) is 20.4. The molecule has 2 heterocycles. The topological polar surface area (TPSA) is 62.5 Å². The van der Waals surface area contributed by atoms with E-state index in [0.29, 0.717) is 18.5 Å². The Bertz CT molecular complexity index is 344. The van der Waals surface area contributed by atoms with Crippen LogP contribution in [0.3, 0.4) is 0 Å². The quantitative estimate of drug-likeness (QED) is 0.716. The van der Waals surface area contributed by atoms with Crippen LogP contribution in [0.15, 0.2) is 15.6 Å². The van der Waals surface area contributed by atoms with Crippen LogP contribution in [0.5, 0.6) is 0 Å². The zero-order valence-corrected chi connectivity index (χ0v) is 8.37. The Labute approximate surface area is 82.6 Å². The molecule has 5 nitrogen and oxygen atoms in total. The maximum Gasteiger partial charge on any atom is 0.213 e. The summed E-state index contributed by atoms with van der Waals surface area (Å²) in [6.07, 6.45) is 1.71. The molecule has 1 aromatic heterocycles. The molecule has 2 rings (SSSR count). The van der Waals surface area contributed by atoms with Crippen LogP contribution >= 0.6 is 0 Å². The molecule has 0 amide bonds. The van der Waals surface area contributed by atoms with E-state index in [1.54, 1.807) is 6.20 Å². The molecular formula is C9H14N4O. The molecule has 76 valence electrons. The van der Waals surface area contributed by atoms with Crippen molar-refractivity contribution in [2.24, 2.45) is 4.99 Å². The predicted molar refractivity (Wildman–Crippen MR) is 53.0 cm³/mol. The van der Waals surface area contributed by atoms with Gasteiger partial charge >= 0.3 is 0 Å². The lowest BCUT2D eigenvalue weighted by Crippen LogP contribution is -2.37. The number of nitrogens with zero attached hydrogens (tertiary/aromatic N) is 2. The monoisotopic (exact) mass is 194 g/mol. The second kappa shape index (κ2) is 3.69. The Hall–Kier alpha value is -1.52. The summed E-state index contributed by atoms with van der Waals surface area (Å²) in [5.74, 6) is 2.34. The summed E-state index contributed by atoms with van der Waals surface area (Å²) in [5.41, 5.74) is 0. The third-order valence-electron chi connectivity index (χ3n) is 1.98. The zero-order chi connectivity index (χ0) is 9.97. The summed E-state index contributed by atoms with van der Waals surface area (Å²) >= 11 is 0.